The fourth-order valence-corrected chi connectivity index (χ4v) is 4.40. The van der Waals surface area contributed by atoms with Crippen molar-refractivity contribution in [2.45, 2.75) is 31.4 Å². The van der Waals surface area contributed by atoms with Crippen molar-refractivity contribution in [3.8, 4) is 11.5 Å². The minimum atomic E-state index is -3.49. The number of sulfonamides is 1. The van der Waals surface area contributed by atoms with Gasteiger partial charge in [-0.05, 0) is 29.8 Å². The fourth-order valence-electron chi connectivity index (χ4n) is 2.94. The van der Waals surface area contributed by atoms with E-state index in [0.29, 0.717) is 24.6 Å². The van der Waals surface area contributed by atoms with Crippen LogP contribution in [-0.4, -0.2) is 44.4 Å². The summed E-state index contributed by atoms with van der Waals surface area (Å²) in [7, 11) is -3.49. The molecule has 0 fully saturated rings. The molecule has 0 spiro atoms. The third-order valence-corrected chi connectivity index (χ3v) is 6.60. The Morgan fingerprint density at radius 1 is 1.07 bits per heavy atom. The van der Waals surface area contributed by atoms with Gasteiger partial charge in [-0.15, -0.1) is 0 Å². The number of carbonyl (C=O) groups is 1. The van der Waals surface area contributed by atoms with Gasteiger partial charge in [0.25, 0.3) is 5.91 Å². The van der Waals surface area contributed by atoms with Crippen molar-refractivity contribution in [3.05, 3.63) is 54.1 Å². The van der Waals surface area contributed by atoms with Crippen LogP contribution in [0.25, 0.3) is 0 Å². The number of rotatable bonds is 7. The second-order valence-corrected chi connectivity index (χ2v) is 8.25. The van der Waals surface area contributed by atoms with Crippen LogP contribution in [0.2, 0.25) is 0 Å². The third kappa shape index (κ3) is 4.28. The predicted molar refractivity (Wildman–Crippen MR) is 105 cm³/mol. The van der Waals surface area contributed by atoms with Gasteiger partial charge in [-0.2, -0.15) is 4.31 Å². The Labute approximate surface area is 165 Å². The van der Waals surface area contributed by atoms with Gasteiger partial charge in [-0.25, -0.2) is 8.42 Å². The summed E-state index contributed by atoms with van der Waals surface area (Å²) in [4.78, 5) is 12.6. The van der Waals surface area contributed by atoms with E-state index in [0.717, 1.165) is 5.56 Å². The normalized spacial score (nSPS) is 16.0. The van der Waals surface area contributed by atoms with E-state index in [9.17, 15) is 13.2 Å². The van der Waals surface area contributed by atoms with E-state index < -0.39 is 16.1 Å². The lowest BCUT2D eigenvalue weighted by Crippen LogP contribution is -2.43. The number of carbonyl (C=O) groups excluding carboxylic acids is 1. The molecule has 1 atom stereocenters. The summed E-state index contributed by atoms with van der Waals surface area (Å²) >= 11 is 0. The van der Waals surface area contributed by atoms with Crippen LogP contribution < -0.4 is 14.8 Å². The average molecular weight is 404 g/mol. The minimum Gasteiger partial charge on any atom is -0.485 e. The minimum absolute atomic E-state index is 0.143. The fraction of sp³-hybridized carbons (Fsp3) is 0.350. The molecule has 150 valence electrons. The second kappa shape index (κ2) is 8.62. The van der Waals surface area contributed by atoms with Crippen LogP contribution in [0.5, 0.6) is 11.5 Å². The lowest BCUT2D eigenvalue weighted by atomic mass is 10.2. The van der Waals surface area contributed by atoms with Crippen molar-refractivity contribution in [1.82, 2.24) is 9.62 Å². The first-order chi connectivity index (χ1) is 13.5. The summed E-state index contributed by atoms with van der Waals surface area (Å²) in [5, 5.41) is 2.80. The van der Waals surface area contributed by atoms with Crippen LogP contribution >= 0.6 is 0 Å². The van der Waals surface area contributed by atoms with E-state index in [4.69, 9.17) is 9.47 Å². The van der Waals surface area contributed by atoms with Gasteiger partial charge in [0.2, 0.25) is 16.1 Å². The molecule has 1 heterocycles. The van der Waals surface area contributed by atoms with Crippen LogP contribution in [0, 0.1) is 0 Å². The molecule has 1 unspecified atom stereocenters. The summed E-state index contributed by atoms with van der Waals surface area (Å²) < 4.78 is 37.6. The first-order valence-corrected chi connectivity index (χ1v) is 10.6. The maximum absolute atomic E-state index is 12.5. The van der Waals surface area contributed by atoms with Crippen LogP contribution in [0.15, 0.2) is 53.4 Å². The Morgan fingerprint density at radius 3 is 2.36 bits per heavy atom. The van der Waals surface area contributed by atoms with Gasteiger partial charge >= 0.3 is 0 Å². The molecule has 1 amide bonds. The molecule has 0 saturated heterocycles. The smallest absolute Gasteiger partial charge is 0.264 e. The molecule has 28 heavy (non-hydrogen) atoms. The molecule has 8 heteroatoms. The van der Waals surface area contributed by atoms with E-state index >= 15 is 0 Å². The highest BCUT2D eigenvalue weighted by atomic mass is 32.2. The number of amides is 1. The predicted octanol–water partition coefficient (Wildman–Crippen LogP) is 2.17. The van der Waals surface area contributed by atoms with Crippen molar-refractivity contribution in [2.24, 2.45) is 0 Å². The molecule has 1 aliphatic rings. The monoisotopic (exact) mass is 404 g/mol. The summed E-state index contributed by atoms with van der Waals surface area (Å²) in [6.45, 7) is 4.86. The zero-order valence-corrected chi connectivity index (χ0v) is 16.7. The number of ether oxygens (including phenoxy) is 2. The zero-order valence-electron chi connectivity index (χ0n) is 15.9. The van der Waals surface area contributed by atoms with Crippen molar-refractivity contribution < 1.29 is 22.7 Å². The highest BCUT2D eigenvalue weighted by Gasteiger charge is 2.27. The largest absolute Gasteiger partial charge is 0.485 e. The van der Waals surface area contributed by atoms with E-state index in [1.807, 2.05) is 12.1 Å². The van der Waals surface area contributed by atoms with Crippen molar-refractivity contribution >= 4 is 15.9 Å². The molecule has 0 aliphatic carbocycles. The van der Waals surface area contributed by atoms with Crippen molar-refractivity contribution in [1.29, 1.82) is 0 Å². The third-order valence-electron chi connectivity index (χ3n) is 4.53. The number of para-hydroxylation sites is 2. The van der Waals surface area contributed by atoms with Crippen LogP contribution in [0.4, 0.5) is 0 Å². The summed E-state index contributed by atoms with van der Waals surface area (Å²) in [5.74, 6) is 0.880. The van der Waals surface area contributed by atoms with Crippen molar-refractivity contribution in [3.63, 3.8) is 0 Å². The molecule has 0 saturated carbocycles. The first-order valence-electron chi connectivity index (χ1n) is 9.21. The van der Waals surface area contributed by atoms with Gasteiger partial charge in [0, 0.05) is 19.6 Å². The Morgan fingerprint density at radius 2 is 1.71 bits per heavy atom. The SMILES string of the molecule is CCN(CC)S(=O)(=O)c1ccc(CNC(=O)C2COc3ccccc3O2)cc1. The molecule has 2 aromatic carbocycles. The summed E-state index contributed by atoms with van der Waals surface area (Å²) in [6, 6.07) is 13.7. The Hall–Kier alpha value is -2.58. The Balaban J connectivity index is 1.59. The maximum Gasteiger partial charge on any atom is 0.264 e. The Kier molecular flexibility index (Phi) is 6.21. The van der Waals surface area contributed by atoms with Crippen LogP contribution in [-0.2, 0) is 21.4 Å². The van der Waals surface area contributed by atoms with E-state index in [2.05, 4.69) is 5.32 Å². The van der Waals surface area contributed by atoms with E-state index in [-0.39, 0.29) is 24.0 Å². The molecule has 1 aliphatic heterocycles. The first kappa shape index (κ1) is 20.2. The summed E-state index contributed by atoms with van der Waals surface area (Å²) in [6.07, 6.45) is -0.725. The molecule has 3 rings (SSSR count). The van der Waals surface area contributed by atoms with Gasteiger partial charge in [0.1, 0.15) is 6.61 Å². The van der Waals surface area contributed by atoms with Gasteiger partial charge in [-0.1, -0.05) is 38.1 Å². The zero-order chi connectivity index (χ0) is 20.1. The van der Waals surface area contributed by atoms with E-state index in [1.54, 1.807) is 50.2 Å². The van der Waals surface area contributed by atoms with Crippen LogP contribution in [0.3, 0.4) is 0 Å². The maximum atomic E-state index is 12.5. The molecular formula is C20H24N2O5S. The van der Waals surface area contributed by atoms with Crippen LogP contribution in [0.1, 0.15) is 19.4 Å². The quantitative estimate of drug-likeness (QED) is 0.765. The average Bonchev–Trinajstić information content (AvgIpc) is 2.72. The molecule has 1 N–H and O–H groups in total. The van der Waals surface area contributed by atoms with Gasteiger partial charge < -0.3 is 14.8 Å². The standard InChI is InChI=1S/C20H24N2O5S/c1-3-22(4-2)28(24,25)16-11-9-15(10-12-16)13-21-20(23)19-14-26-17-7-5-6-8-18(17)27-19/h5-12,19H,3-4,13-14H2,1-2H3,(H,21,23). The van der Waals surface area contributed by atoms with Gasteiger partial charge in [-0.3, -0.25) is 4.79 Å². The molecule has 2 aromatic rings. The topological polar surface area (TPSA) is 84.9 Å². The highest BCUT2D eigenvalue weighted by molar-refractivity contribution is 7.89. The lowest BCUT2D eigenvalue weighted by Gasteiger charge is -2.25. The molecule has 0 radical (unpaired) electrons. The summed E-state index contributed by atoms with van der Waals surface area (Å²) in [5.41, 5.74) is 0.795. The lowest BCUT2D eigenvalue weighted by molar-refractivity contribution is -0.130. The number of benzene rings is 2. The molecule has 0 aromatic heterocycles. The second-order valence-electron chi connectivity index (χ2n) is 6.32. The number of hydrogen-bond donors (Lipinski definition) is 1. The number of fused-ring (bicyclic) bond motifs is 1. The highest BCUT2D eigenvalue weighted by Crippen LogP contribution is 2.30. The number of hydrogen-bond acceptors (Lipinski definition) is 5. The molecule has 0 bridgehead atoms. The van der Waals surface area contributed by atoms with Crippen molar-refractivity contribution in [2.75, 3.05) is 19.7 Å². The van der Waals surface area contributed by atoms with Gasteiger partial charge in [0.15, 0.2) is 11.5 Å². The Bertz CT molecular complexity index is 924. The number of nitrogens with one attached hydrogen (secondary N) is 1. The number of nitrogens with zero attached hydrogens (tertiary/aromatic N) is 1. The van der Waals surface area contributed by atoms with E-state index in [1.165, 1.54) is 4.31 Å². The molecular weight excluding hydrogens is 380 g/mol. The molecule has 7 nitrogen and oxygen atoms in total. The van der Waals surface area contributed by atoms with Gasteiger partial charge in [0.05, 0.1) is 4.90 Å².